The van der Waals surface area contributed by atoms with E-state index in [0.29, 0.717) is 32.8 Å². The Balaban J connectivity index is 1.76. The van der Waals surface area contributed by atoms with Gasteiger partial charge in [-0.25, -0.2) is 5.43 Å². The minimum absolute atomic E-state index is 0.303. The first-order chi connectivity index (χ1) is 14.0. The molecular formula is C22H19IN2O4. The van der Waals surface area contributed by atoms with Crippen LogP contribution in [0.4, 0.5) is 0 Å². The summed E-state index contributed by atoms with van der Waals surface area (Å²) in [6.45, 7) is 3.60. The maximum absolute atomic E-state index is 12.4. The average molecular weight is 502 g/mol. The molecule has 0 aliphatic heterocycles. The van der Waals surface area contributed by atoms with Crippen molar-refractivity contribution in [2.45, 2.75) is 13.8 Å². The molecular weight excluding hydrogens is 483 g/mol. The summed E-state index contributed by atoms with van der Waals surface area (Å²) in [4.78, 5) is 23.7. The van der Waals surface area contributed by atoms with Crippen molar-refractivity contribution in [2.24, 2.45) is 5.10 Å². The molecule has 0 aliphatic carbocycles. The van der Waals surface area contributed by atoms with Gasteiger partial charge in [0.2, 0.25) is 0 Å². The minimum Gasteiger partial charge on any atom is -0.490 e. The molecule has 0 bridgehead atoms. The summed E-state index contributed by atoms with van der Waals surface area (Å²) in [6.07, 6.45) is 1.52. The molecule has 1 N–H and O–H groups in total. The molecule has 3 aromatic carbocycles. The van der Waals surface area contributed by atoms with Crippen molar-refractivity contribution >= 4 is 51.5 Å². The van der Waals surface area contributed by atoms with Gasteiger partial charge in [-0.2, -0.15) is 5.10 Å². The lowest BCUT2D eigenvalue weighted by molar-refractivity contribution is -0.132. The van der Waals surface area contributed by atoms with Gasteiger partial charge in [-0.3, -0.25) is 9.59 Å². The molecule has 1 amide bonds. The zero-order valence-electron chi connectivity index (χ0n) is 15.9. The molecule has 0 aliphatic rings. The van der Waals surface area contributed by atoms with Gasteiger partial charge < -0.3 is 9.47 Å². The van der Waals surface area contributed by atoms with Crippen molar-refractivity contribution in [3.05, 3.63) is 69.3 Å². The van der Waals surface area contributed by atoms with Crippen LogP contribution in [0.5, 0.6) is 11.5 Å². The topological polar surface area (TPSA) is 77.0 Å². The number of nitrogens with one attached hydrogen (secondary N) is 1. The smallest absolute Gasteiger partial charge is 0.308 e. The van der Waals surface area contributed by atoms with Crippen LogP contribution in [-0.2, 0) is 4.79 Å². The predicted molar refractivity (Wildman–Crippen MR) is 121 cm³/mol. The Morgan fingerprint density at radius 3 is 2.59 bits per heavy atom. The zero-order valence-corrected chi connectivity index (χ0v) is 18.1. The molecule has 3 aromatic rings. The van der Waals surface area contributed by atoms with Gasteiger partial charge in [0.05, 0.1) is 16.4 Å². The van der Waals surface area contributed by atoms with Crippen LogP contribution in [-0.4, -0.2) is 24.7 Å². The first kappa shape index (κ1) is 20.8. The lowest BCUT2D eigenvalue weighted by Gasteiger charge is -2.12. The molecule has 0 saturated heterocycles. The standard InChI is InChI=1S/C22H19IN2O4/c1-3-28-20-11-15(10-19(23)21(20)29-14(2)26)13-24-25-22(27)18-9-8-16-6-4-5-7-17(16)12-18/h4-13H,3H2,1-2H3,(H,25,27)/b24-13-. The van der Waals surface area contributed by atoms with E-state index in [1.807, 2.05) is 43.3 Å². The number of carbonyl (C=O) groups is 2. The van der Waals surface area contributed by atoms with Crippen LogP contribution in [0.3, 0.4) is 0 Å². The molecule has 7 heteroatoms. The average Bonchev–Trinajstić information content (AvgIpc) is 2.70. The number of esters is 1. The number of ether oxygens (including phenoxy) is 2. The van der Waals surface area contributed by atoms with Gasteiger partial charge in [0.15, 0.2) is 11.5 Å². The van der Waals surface area contributed by atoms with Gasteiger partial charge in [-0.1, -0.05) is 30.3 Å². The third kappa shape index (κ3) is 5.32. The molecule has 148 valence electrons. The summed E-state index contributed by atoms with van der Waals surface area (Å²) in [5, 5.41) is 6.09. The van der Waals surface area contributed by atoms with E-state index in [2.05, 4.69) is 33.1 Å². The quantitative estimate of drug-likeness (QED) is 0.177. The summed E-state index contributed by atoms with van der Waals surface area (Å²) in [6, 6.07) is 16.8. The minimum atomic E-state index is -0.423. The molecule has 29 heavy (non-hydrogen) atoms. The third-order valence-electron chi connectivity index (χ3n) is 3.97. The molecule has 0 radical (unpaired) electrons. The SMILES string of the molecule is CCOc1cc(/C=N\NC(=O)c2ccc3ccccc3c2)cc(I)c1OC(C)=O. The van der Waals surface area contributed by atoms with E-state index >= 15 is 0 Å². The Hall–Kier alpha value is -2.94. The second kappa shape index (κ2) is 9.51. The van der Waals surface area contributed by atoms with Crippen LogP contribution < -0.4 is 14.9 Å². The number of nitrogens with zero attached hydrogens (tertiary/aromatic N) is 1. The van der Waals surface area contributed by atoms with Crippen molar-refractivity contribution in [3.8, 4) is 11.5 Å². The first-order valence-corrected chi connectivity index (χ1v) is 10.0. The summed E-state index contributed by atoms with van der Waals surface area (Å²) < 4.78 is 11.5. The highest BCUT2D eigenvalue weighted by molar-refractivity contribution is 14.1. The van der Waals surface area contributed by atoms with E-state index in [0.717, 1.165) is 10.8 Å². The lowest BCUT2D eigenvalue weighted by Crippen LogP contribution is -2.17. The highest BCUT2D eigenvalue weighted by atomic mass is 127. The third-order valence-corrected chi connectivity index (χ3v) is 4.77. The summed E-state index contributed by atoms with van der Waals surface area (Å²) in [5.74, 6) is 0.0883. The second-order valence-corrected chi connectivity index (χ2v) is 7.28. The summed E-state index contributed by atoms with van der Waals surface area (Å²) >= 11 is 2.06. The number of rotatable bonds is 6. The number of amides is 1. The molecule has 0 aromatic heterocycles. The van der Waals surface area contributed by atoms with E-state index in [9.17, 15) is 9.59 Å². The summed E-state index contributed by atoms with van der Waals surface area (Å²) in [5.41, 5.74) is 3.76. The predicted octanol–water partition coefficient (Wildman–Crippen LogP) is 4.53. The van der Waals surface area contributed by atoms with Crippen molar-refractivity contribution in [2.75, 3.05) is 6.61 Å². The van der Waals surface area contributed by atoms with E-state index in [1.54, 1.807) is 18.2 Å². The van der Waals surface area contributed by atoms with Gasteiger partial charge in [0.25, 0.3) is 5.91 Å². The Morgan fingerprint density at radius 2 is 1.86 bits per heavy atom. The van der Waals surface area contributed by atoms with Crippen LogP contribution in [0.25, 0.3) is 10.8 Å². The number of fused-ring (bicyclic) bond motifs is 1. The van der Waals surface area contributed by atoms with Crippen molar-refractivity contribution in [3.63, 3.8) is 0 Å². The van der Waals surface area contributed by atoms with E-state index in [1.165, 1.54) is 13.1 Å². The number of hydrogen-bond acceptors (Lipinski definition) is 5. The van der Waals surface area contributed by atoms with Crippen molar-refractivity contribution in [1.82, 2.24) is 5.43 Å². The maximum Gasteiger partial charge on any atom is 0.308 e. The van der Waals surface area contributed by atoms with Crippen LogP contribution >= 0.6 is 22.6 Å². The fraction of sp³-hybridized carbons (Fsp3) is 0.136. The van der Waals surface area contributed by atoms with Crippen LogP contribution in [0.2, 0.25) is 0 Å². The Kier molecular flexibility index (Phi) is 6.82. The van der Waals surface area contributed by atoms with Gasteiger partial charge in [0, 0.05) is 12.5 Å². The number of benzene rings is 3. The second-order valence-electron chi connectivity index (χ2n) is 6.12. The highest BCUT2D eigenvalue weighted by Gasteiger charge is 2.14. The lowest BCUT2D eigenvalue weighted by atomic mass is 10.1. The number of halogens is 1. The van der Waals surface area contributed by atoms with Gasteiger partial charge in [0.1, 0.15) is 0 Å². The Morgan fingerprint density at radius 1 is 1.10 bits per heavy atom. The number of hydrogen-bond donors (Lipinski definition) is 1. The van der Waals surface area contributed by atoms with Crippen molar-refractivity contribution < 1.29 is 19.1 Å². The maximum atomic E-state index is 12.4. The summed E-state index contributed by atoms with van der Waals surface area (Å²) in [7, 11) is 0. The molecule has 3 rings (SSSR count). The largest absolute Gasteiger partial charge is 0.490 e. The van der Waals surface area contributed by atoms with Gasteiger partial charge in [-0.05, 0) is 70.1 Å². The van der Waals surface area contributed by atoms with Gasteiger partial charge in [-0.15, -0.1) is 0 Å². The fourth-order valence-electron chi connectivity index (χ4n) is 2.73. The Bertz CT molecular complexity index is 1100. The first-order valence-electron chi connectivity index (χ1n) is 8.95. The molecule has 6 nitrogen and oxygen atoms in total. The molecule has 0 unspecified atom stereocenters. The molecule has 0 heterocycles. The molecule has 0 atom stereocenters. The fourth-order valence-corrected chi connectivity index (χ4v) is 3.46. The molecule has 0 spiro atoms. The van der Waals surface area contributed by atoms with Crippen LogP contribution in [0.15, 0.2) is 59.7 Å². The Labute approximate surface area is 182 Å². The van der Waals surface area contributed by atoms with E-state index in [-0.39, 0.29) is 5.91 Å². The van der Waals surface area contributed by atoms with Gasteiger partial charge >= 0.3 is 5.97 Å². The van der Waals surface area contributed by atoms with Crippen LogP contribution in [0, 0.1) is 3.57 Å². The normalized spacial score (nSPS) is 10.9. The molecule has 0 fully saturated rings. The van der Waals surface area contributed by atoms with Crippen molar-refractivity contribution in [1.29, 1.82) is 0 Å². The van der Waals surface area contributed by atoms with Crippen LogP contribution in [0.1, 0.15) is 29.8 Å². The zero-order chi connectivity index (χ0) is 20.8. The monoisotopic (exact) mass is 502 g/mol. The number of carbonyl (C=O) groups excluding carboxylic acids is 2. The van der Waals surface area contributed by atoms with E-state index < -0.39 is 5.97 Å². The number of hydrazone groups is 1. The van der Waals surface area contributed by atoms with E-state index in [4.69, 9.17) is 9.47 Å². The highest BCUT2D eigenvalue weighted by Crippen LogP contribution is 2.34. The molecule has 0 saturated carbocycles.